The predicted molar refractivity (Wildman–Crippen MR) is 137 cm³/mol. The fourth-order valence-electron chi connectivity index (χ4n) is 4.48. The maximum absolute atomic E-state index is 15.3. The van der Waals surface area contributed by atoms with Crippen molar-refractivity contribution in [1.29, 1.82) is 0 Å². The minimum atomic E-state index is -0.667. The highest BCUT2D eigenvalue weighted by molar-refractivity contribution is 5.72. The van der Waals surface area contributed by atoms with E-state index in [1.165, 1.54) is 12.1 Å². The van der Waals surface area contributed by atoms with Gasteiger partial charge in [-0.3, -0.25) is 0 Å². The van der Waals surface area contributed by atoms with Crippen LogP contribution in [0.2, 0.25) is 0 Å². The van der Waals surface area contributed by atoms with Gasteiger partial charge in [0.25, 0.3) is 0 Å². The molecule has 0 radical (unpaired) electrons. The molecule has 1 N–H and O–H groups in total. The third-order valence-electron chi connectivity index (χ3n) is 6.32. The Kier molecular flexibility index (Phi) is 7.41. The van der Waals surface area contributed by atoms with E-state index in [4.69, 9.17) is 9.47 Å². The van der Waals surface area contributed by atoms with E-state index in [1.54, 1.807) is 12.1 Å². The van der Waals surface area contributed by atoms with Gasteiger partial charge in [-0.1, -0.05) is 73.5 Å². The molecule has 1 heterocycles. The van der Waals surface area contributed by atoms with Gasteiger partial charge in [0.05, 0.1) is 11.1 Å². The van der Waals surface area contributed by atoms with Gasteiger partial charge in [0.15, 0.2) is 0 Å². The average Bonchev–Trinajstić information content (AvgIpc) is 3.41. The third kappa shape index (κ3) is 5.82. The van der Waals surface area contributed by atoms with Crippen molar-refractivity contribution in [2.45, 2.75) is 44.9 Å². The molecule has 36 heavy (non-hydrogen) atoms. The molecular formula is C30H28F2N2O2. The van der Waals surface area contributed by atoms with Crippen molar-refractivity contribution in [1.82, 2.24) is 4.98 Å². The number of halogens is 2. The summed E-state index contributed by atoms with van der Waals surface area (Å²) in [7, 11) is 0. The molecule has 0 spiro atoms. The molecule has 4 aromatic rings. The molecule has 4 nitrogen and oxygen atoms in total. The topological polar surface area (TPSA) is 43.4 Å². The van der Waals surface area contributed by atoms with E-state index < -0.39 is 11.6 Å². The smallest absolute Gasteiger partial charge is 0.225 e. The van der Waals surface area contributed by atoms with Crippen LogP contribution in [0, 0.1) is 11.6 Å². The number of anilines is 1. The highest BCUT2D eigenvalue weighted by atomic mass is 19.1. The fraction of sp³-hybridized carbons (Fsp3) is 0.233. The number of pyridine rings is 1. The van der Waals surface area contributed by atoms with Gasteiger partial charge in [-0.05, 0) is 42.2 Å². The molecule has 0 saturated heterocycles. The van der Waals surface area contributed by atoms with Gasteiger partial charge < -0.3 is 14.8 Å². The predicted octanol–water partition coefficient (Wildman–Crippen LogP) is 7.54. The number of ether oxygens (including phenoxy) is 2. The van der Waals surface area contributed by atoms with Gasteiger partial charge in [-0.15, -0.1) is 0 Å². The monoisotopic (exact) mass is 486 g/mol. The summed E-state index contributed by atoms with van der Waals surface area (Å²) in [5.74, 6) is -0.913. The Bertz CT molecular complexity index is 1270. The van der Waals surface area contributed by atoms with Crippen LogP contribution in [0.15, 0.2) is 84.9 Å². The Hall–Kier alpha value is -3.93. The Labute approximate surface area is 209 Å². The minimum absolute atomic E-state index is 0.110. The van der Waals surface area contributed by atoms with Gasteiger partial charge in [-0.25, -0.2) is 8.78 Å². The zero-order chi connectivity index (χ0) is 24.7. The molecule has 1 aliphatic carbocycles. The highest BCUT2D eigenvalue weighted by Gasteiger charge is 2.21. The van der Waals surface area contributed by atoms with Crippen LogP contribution < -0.4 is 14.8 Å². The first-order valence-electron chi connectivity index (χ1n) is 12.3. The van der Waals surface area contributed by atoms with Gasteiger partial charge in [0.2, 0.25) is 11.8 Å². The summed E-state index contributed by atoms with van der Waals surface area (Å²) >= 11 is 0. The van der Waals surface area contributed by atoms with Gasteiger partial charge in [-0.2, -0.15) is 4.98 Å². The lowest BCUT2D eigenvalue weighted by molar-refractivity contribution is 0.268. The second kappa shape index (κ2) is 11.2. The molecule has 0 bridgehead atoms. The quantitative estimate of drug-likeness (QED) is 0.265. The Morgan fingerprint density at radius 2 is 1.33 bits per heavy atom. The van der Waals surface area contributed by atoms with Gasteiger partial charge >= 0.3 is 0 Å². The van der Waals surface area contributed by atoms with Crippen molar-refractivity contribution < 1.29 is 18.3 Å². The number of aromatic nitrogens is 1. The van der Waals surface area contributed by atoms with Crippen molar-refractivity contribution >= 4 is 5.69 Å². The molecule has 0 aliphatic heterocycles. The summed E-state index contributed by atoms with van der Waals surface area (Å²) in [5, 5.41) is 3.26. The second-order valence-electron chi connectivity index (χ2n) is 8.99. The first kappa shape index (κ1) is 23.8. The van der Waals surface area contributed by atoms with Crippen LogP contribution in [0.3, 0.4) is 0 Å². The Morgan fingerprint density at radius 3 is 1.94 bits per heavy atom. The Morgan fingerprint density at radius 1 is 0.750 bits per heavy atom. The van der Waals surface area contributed by atoms with E-state index in [9.17, 15) is 0 Å². The van der Waals surface area contributed by atoms with Gasteiger partial charge in [0.1, 0.15) is 24.8 Å². The van der Waals surface area contributed by atoms with E-state index in [-0.39, 0.29) is 29.7 Å². The number of rotatable bonds is 9. The first-order chi connectivity index (χ1) is 17.7. The minimum Gasteiger partial charge on any atom is -0.473 e. The number of hydrogen-bond acceptors (Lipinski definition) is 4. The third-order valence-corrected chi connectivity index (χ3v) is 6.32. The van der Waals surface area contributed by atoms with E-state index in [1.807, 2.05) is 60.7 Å². The molecular weight excluding hydrogens is 458 g/mol. The summed E-state index contributed by atoms with van der Waals surface area (Å²) in [5.41, 5.74) is 2.41. The van der Waals surface area contributed by atoms with Crippen molar-refractivity contribution in [3.63, 3.8) is 0 Å². The molecule has 1 fully saturated rings. The molecule has 1 aromatic heterocycles. The molecule has 6 heteroatoms. The summed E-state index contributed by atoms with van der Waals surface area (Å²) in [4.78, 5) is 4.47. The highest BCUT2D eigenvalue weighted by Crippen LogP contribution is 2.36. The van der Waals surface area contributed by atoms with Crippen LogP contribution in [-0.2, 0) is 13.2 Å². The maximum Gasteiger partial charge on any atom is 0.225 e. The van der Waals surface area contributed by atoms with Crippen molar-refractivity contribution in [3.05, 3.63) is 108 Å². The summed E-state index contributed by atoms with van der Waals surface area (Å²) in [6.07, 6.45) is 4.29. The van der Waals surface area contributed by atoms with Crippen LogP contribution in [0.4, 0.5) is 14.5 Å². The Balaban J connectivity index is 1.43. The van der Waals surface area contributed by atoms with Crippen LogP contribution in [0.1, 0.15) is 36.8 Å². The van der Waals surface area contributed by atoms with Crippen LogP contribution >= 0.6 is 0 Å². The number of nitrogens with one attached hydrogen (secondary N) is 1. The fourth-order valence-corrected chi connectivity index (χ4v) is 4.48. The molecule has 5 rings (SSSR count). The van der Waals surface area contributed by atoms with Crippen LogP contribution in [0.5, 0.6) is 11.8 Å². The van der Waals surface area contributed by atoms with E-state index >= 15 is 8.78 Å². The second-order valence-corrected chi connectivity index (χ2v) is 8.99. The standard InChI is InChI=1S/C30H28F2N2O2/c31-26-17-24(33-23-13-7-8-14-23)18-27(32)29(26)25-15-16-28(35-19-21-9-3-1-4-10-21)34-30(25)36-20-22-11-5-2-6-12-22/h1-6,9-12,15-18,23,33H,7-8,13-14,19-20H2. The molecule has 0 amide bonds. The normalized spacial score (nSPS) is 13.5. The largest absolute Gasteiger partial charge is 0.473 e. The summed E-state index contributed by atoms with van der Waals surface area (Å²) in [6.45, 7) is 0.517. The van der Waals surface area contributed by atoms with Gasteiger partial charge in [0, 0.05) is 17.8 Å². The lowest BCUT2D eigenvalue weighted by Crippen LogP contribution is -2.15. The molecule has 1 aliphatic rings. The zero-order valence-corrected chi connectivity index (χ0v) is 19.9. The number of hydrogen-bond donors (Lipinski definition) is 1. The first-order valence-corrected chi connectivity index (χ1v) is 12.3. The van der Waals surface area contributed by atoms with E-state index in [2.05, 4.69) is 10.3 Å². The summed E-state index contributed by atoms with van der Waals surface area (Å²) in [6, 6.07) is 25.4. The molecule has 1 saturated carbocycles. The molecule has 0 unspecified atom stereocenters. The van der Waals surface area contributed by atoms with Crippen LogP contribution in [-0.4, -0.2) is 11.0 Å². The SMILES string of the molecule is Fc1cc(NC2CCCC2)cc(F)c1-c1ccc(OCc2ccccc2)nc1OCc1ccccc1. The molecule has 0 atom stereocenters. The van der Waals surface area contributed by atoms with Crippen LogP contribution in [0.25, 0.3) is 11.1 Å². The van der Waals surface area contributed by atoms with E-state index in [0.29, 0.717) is 18.2 Å². The van der Waals surface area contributed by atoms with Crippen molar-refractivity contribution in [3.8, 4) is 22.9 Å². The van der Waals surface area contributed by atoms with E-state index in [0.717, 1.165) is 36.8 Å². The average molecular weight is 487 g/mol. The maximum atomic E-state index is 15.3. The van der Waals surface area contributed by atoms with Crippen molar-refractivity contribution in [2.24, 2.45) is 0 Å². The lowest BCUT2D eigenvalue weighted by Gasteiger charge is -2.17. The van der Waals surface area contributed by atoms with Crippen molar-refractivity contribution in [2.75, 3.05) is 5.32 Å². The lowest BCUT2D eigenvalue weighted by atomic mass is 10.0. The number of benzene rings is 3. The summed E-state index contributed by atoms with van der Waals surface area (Å²) < 4.78 is 42.4. The molecule has 3 aromatic carbocycles. The number of nitrogens with zero attached hydrogens (tertiary/aromatic N) is 1. The zero-order valence-electron chi connectivity index (χ0n) is 19.9. The molecule has 184 valence electrons.